The molecule has 0 aromatic heterocycles. The minimum atomic E-state index is -0.897. The molecule has 1 N–H and O–H groups in total. The maximum Gasteiger partial charge on any atom is 0.304 e. The predicted molar refractivity (Wildman–Crippen MR) is 71.3 cm³/mol. The summed E-state index contributed by atoms with van der Waals surface area (Å²) >= 11 is 0. The van der Waals surface area contributed by atoms with E-state index < -0.39 is 5.97 Å². The minimum absolute atomic E-state index is 0.0169. The Morgan fingerprint density at radius 1 is 1.20 bits per heavy atom. The summed E-state index contributed by atoms with van der Waals surface area (Å²) in [6, 6.07) is 6.69. The third kappa shape index (κ3) is 2.70. The molecule has 2 amide bonds. The number of nitrogens with zero attached hydrogens (tertiary/aromatic N) is 2. The second-order valence-electron chi connectivity index (χ2n) is 4.58. The Labute approximate surface area is 116 Å². The normalized spacial score (nSPS) is 14.0. The Bertz CT molecular complexity index is 521. The van der Waals surface area contributed by atoms with Crippen LogP contribution in [0.2, 0.25) is 0 Å². The van der Waals surface area contributed by atoms with Gasteiger partial charge in [-0.15, -0.1) is 0 Å². The van der Waals surface area contributed by atoms with Gasteiger partial charge in [0, 0.05) is 6.54 Å². The molecule has 0 unspecified atom stereocenters. The molecule has 1 heterocycles. The lowest BCUT2D eigenvalue weighted by Crippen LogP contribution is -2.41. The second-order valence-corrected chi connectivity index (χ2v) is 4.58. The quantitative estimate of drug-likeness (QED) is 0.785. The van der Waals surface area contributed by atoms with E-state index in [-0.39, 0.29) is 24.9 Å². The van der Waals surface area contributed by atoms with Crippen molar-refractivity contribution in [2.24, 2.45) is 0 Å². The van der Waals surface area contributed by atoms with Crippen molar-refractivity contribution >= 4 is 17.8 Å². The standard InChI is InChI=1S/C14H16N2O4/c1-2-15(8-7-12(17)18)9-16-13(19)10-5-3-4-6-11(10)14(16)20/h3-6H,2,7-9H2,1H3,(H,17,18). The van der Waals surface area contributed by atoms with Crippen LogP contribution < -0.4 is 0 Å². The van der Waals surface area contributed by atoms with Crippen molar-refractivity contribution in [1.29, 1.82) is 0 Å². The van der Waals surface area contributed by atoms with Gasteiger partial charge >= 0.3 is 5.97 Å². The van der Waals surface area contributed by atoms with E-state index >= 15 is 0 Å². The molecule has 0 aliphatic carbocycles. The number of hydrogen-bond donors (Lipinski definition) is 1. The van der Waals surface area contributed by atoms with E-state index in [1.54, 1.807) is 29.2 Å². The largest absolute Gasteiger partial charge is 0.481 e. The molecule has 0 saturated heterocycles. The van der Waals surface area contributed by atoms with Crippen LogP contribution in [0.5, 0.6) is 0 Å². The van der Waals surface area contributed by atoms with Crippen LogP contribution in [0.25, 0.3) is 0 Å². The Morgan fingerprint density at radius 2 is 1.75 bits per heavy atom. The van der Waals surface area contributed by atoms with Gasteiger partial charge in [-0.25, -0.2) is 0 Å². The fourth-order valence-electron chi connectivity index (χ4n) is 2.15. The molecule has 1 aliphatic rings. The summed E-state index contributed by atoms with van der Waals surface area (Å²) in [5.74, 6) is -1.54. The third-order valence-corrected chi connectivity index (χ3v) is 3.31. The van der Waals surface area contributed by atoms with Crippen LogP contribution in [-0.4, -0.2) is 52.4 Å². The molecular formula is C14H16N2O4. The fourth-order valence-corrected chi connectivity index (χ4v) is 2.15. The van der Waals surface area contributed by atoms with Gasteiger partial charge in [-0.1, -0.05) is 19.1 Å². The molecule has 1 aromatic carbocycles. The summed E-state index contributed by atoms with van der Waals surface area (Å²) in [6.45, 7) is 2.86. The summed E-state index contributed by atoms with van der Waals surface area (Å²) in [7, 11) is 0. The number of rotatable bonds is 6. The highest BCUT2D eigenvalue weighted by Gasteiger charge is 2.35. The molecule has 2 rings (SSSR count). The van der Waals surface area contributed by atoms with Gasteiger partial charge in [0.1, 0.15) is 0 Å². The fraction of sp³-hybridized carbons (Fsp3) is 0.357. The first-order valence-electron chi connectivity index (χ1n) is 6.44. The predicted octanol–water partition coefficient (Wildman–Crippen LogP) is 1.04. The highest BCUT2D eigenvalue weighted by atomic mass is 16.4. The molecule has 0 bridgehead atoms. The average Bonchev–Trinajstić information content (AvgIpc) is 2.68. The van der Waals surface area contributed by atoms with Crippen molar-refractivity contribution in [2.45, 2.75) is 13.3 Å². The Kier molecular flexibility index (Phi) is 4.14. The number of benzene rings is 1. The van der Waals surface area contributed by atoms with Crippen LogP contribution in [0.3, 0.4) is 0 Å². The number of carbonyl (C=O) groups excluding carboxylic acids is 2. The van der Waals surface area contributed by atoms with Gasteiger partial charge in [0.05, 0.1) is 24.2 Å². The lowest BCUT2D eigenvalue weighted by Gasteiger charge is -2.24. The number of carbonyl (C=O) groups is 3. The van der Waals surface area contributed by atoms with Crippen molar-refractivity contribution in [3.05, 3.63) is 35.4 Å². The SMILES string of the molecule is CCN(CCC(=O)O)CN1C(=O)c2ccccc2C1=O. The van der Waals surface area contributed by atoms with E-state index in [1.807, 2.05) is 6.92 Å². The maximum atomic E-state index is 12.2. The molecular weight excluding hydrogens is 260 g/mol. The molecule has 0 spiro atoms. The number of carboxylic acids is 1. The van der Waals surface area contributed by atoms with Crippen molar-refractivity contribution in [3.63, 3.8) is 0 Å². The minimum Gasteiger partial charge on any atom is -0.481 e. The molecule has 20 heavy (non-hydrogen) atoms. The van der Waals surface area contributed by atoms with Gasteiger partial charge in [0.2, 0.25) is 0 Å². The van der Waals surface area contributed by atoms with Crippen molar-refractivity contribution in [1.82, 2.24) is 9.80 Å². The highest BCUT2D eigenvalue weighted by Crippen LogP contribution is 2.22. The summed E-state index contributed by atoms with van der Waals surface area (Å²) < 4.78 is 0. The van der Waals surface area contributed by atoms with Crippen molar-refractivity contribution in [3.8, 4) is 0 Å². The molecule has 0 saturated carbocycles. The zero-order chi connectivity index (χ0) is 14.7. The lowest BCUT2D eigenvalue weighted by molar-refractivity contribution is -0.137. The van der Waals surface area contributed by atoms with Crippen LogP contribution >= 0.6 is 0 Å². The topological polar surface area (TPSA) is 77.9 Å². The molecule has 1 aliphatic heterocycles. The number of imide groups is 1. The van der Waals surface area contributed by atoms with Gasteiger partial charge in [-0.3, -0.25) is 24.2 Å². The van der Waals surface area contributed by atoms with Gasteiger partial charge in [0.15, 0.2) is 0 Å². The van der Waals surface area contributed by atoms with Gasteiger partial charge in [-0.2, -0.15) is 0 Å². The first-order valence-corrected chi connectivity index (χ1v) is 6.44. The molecule has 1 aromatic rings. The smallest absolute Gasteiger partial charge is 0.304 e. The van der Waals surface area contributed by atoms with Crippen LogP contribution in [0.1, 0.15) is 34.1 Å². The number of carboxylic acid groups (broad SMARTS) is 1. The zero-order valence-electron chi connectivity index (χ0n) is 11.2. The zero-order valence-corrected chi connectivity index (χ0v) is 11.2. The molecule has 106 valence electrons. The lowest BCUT2D eigenvalue weighted by atomic mass is 10.1. The van der Waals surface area contributed by atoms with E-state index in [2.05, 4.69) is 0 Å². The van der Waals surface area contributed by atoms with Crippen LogP contribution in [0, 0.1) is 0 Å². The number of amides is 2. The van der Waals surface area contributed by atoms with Gasteiger partial charge in [-0.05, 0) is 18.7 Å². The number of hydrogen-bond acceptors (Lipinski definition) is 4. The summed E-state index contributed by atoms with van der Waals surface area (Å²) in [5.41, 5.74) is 0.818. The van der Waals surface area contributed by atoms with Crippen LogP contribution in [0.4, 0.5) is 0 Å². The number of fused-ring (bicyclic) bond motifs is 1. The third-order valence-electron chi connectivity index (χ3n) is 3.31. The summed E-state index contributed by atoms with van der Waals surface area (Å²) in [6.07, 6.45) is -0.0169. The molecule has 6 heteroatoms. The van der Waals surface area contributed by atoms with E-state index in [1.165, 1.54) is 0 Å². The Balaban J connectivity index is 2.09. The van der Waals surface area contributed by atoms with Crippen molar-refractivity contribution < 1.29 is 19.5 Å². The van der Waals surface area contributed by atoms with E-state index in [0.29, 0.717) is 24.2 Å². The van der Waals surface area contributed by atoms with E-state index in [0.717, 1.165) is 4.90 Å². The first-order chi connectivity index (χ1) is 9.54. The monoisotopic (exact) mass is 276 g/mol. The van der Waals surface area contributed by atoms with Crippen molar-refractivity contribution in [2.75, 3.05) is 19.8 Å². The highest BCUT2D eigenvalue weighted by molar-refractivity contribution is 6.21. The Hall–Kier alpha value is -2.21. The maximum absolute atomic E-state index is 12.2. The summed E-state index contributed by atoms with van der Waals surface area (Å²) in [5, 5.41) is 8.69. The molecule has 0 atom stereocenters. The van der Waals surface area contributed by atoms with E-state index in [4.69, 9.17) is 5.11 Å². The van der Waals surface area contributed by atoms with Gasteiger partial charge in [0.25, 0.3) is 11.8 Å². The van der Waals surface area contributed by atoms with Crippen LogP contribution in [-0.2, 0) is 4.79 Å². The second kappa shape index (κ2) is 5.83. The first kappa shape index (κ1) is 14.2. The Morgan fingerprint density at radius 3 is 2.20 bits per heavy atom. The van der Waals surface area contributed by atoms with Crippen LogP contribution in [0.15, 0.2) is 24.3 Å². The van der Waals surface area contributed by atoms with Gasteiger partial charge < -0.3 is 5.11 Å². The average molecular weight is 276 g/mol. The molecule has 6 nitrogen and oxygen atoms in total. The molecule has 0 radical (unpaired) electrons. The molecule has 0 fully saturated rings. The summed E-state index contributed by atoms with van der Waals surface area (Å²) in [4.78, 5) is 37.8. The van der Waals surface area contributed by atoms with E-state index in [9.17, 15) is 14.4 Å². The number of aliphatic carboxylic acids is 1.